The van der Waals surface area contributed by atoms with E-state index in [-0.39, 0.29) is 0 Å². The molecule has 0 saturated carbocycles. The van der Waals surface area contributed by atoms with Crippen LogP contribution in [0.1, 0.15) is 17.5 Å². The van der Waals surface area contributed by atoms with E-state index in [1.165, 1.54) is 5.56 Å². The average molecular weight is 363 g/mol. The van der Waals surface area contributed by atoms with Crippen LogP contribution in [-0.2, 0) is 12.8 Å². The van der Waals surface area contributed by atoms with Crippen LogP contribution in [0.4, 0.5) is 0 Å². The van der Waals surface area contributed by atoms with Gasteiger partial charge in [0.25, 0.3) is 0 Å². The summed E-state index contributed by atoms with van der Waals surface area (Å²) in [5.41, 5.74) is 4.38. The van der Waals surface area contributed by atoms with Gasteiger partial charge >= 0.3 is 0 Å². The monoisotopic (exact) mass is 363 g/mol. The molecule has 0 spiro atoms. The van der Waals surface area contributed by atoms with Crippen LogP contribution in [0, 0.1) is 0 Å². The Labute approximate surface area is 160 Å². The van der Waals surface area contributed by atoms with Gasteiger partial charge in [0, 0.05) is 23.5 Å². The fraction of sp³-hybridized carbons (Fsp3) is 0.261. The van der Waals surface area contributed by atoms with E-state index in [2.05, 4.69) is 35.3 Å². The molecule has 0 fully saturated rings. The van der Waals surface area contributed by atoms with E-state index in [9.17, 15) is 0 Å². The number of nitrogens with zero attached hydrogens (tertiary/aromatic N) is 1. The van der Waals surface area contributed by atoms with Crippen molar-refractivity contribution in [2.75, 3.05) is 21.3 Å². The van der Waals surface area contributed by atoms with Crippen molar-refractivity contribution in [2.45, 2.75) is 19.3 Å². The van der Waals surface area contributed by atoms with E-state index in [4.69, 9.17) is 14.2 Å². The third kappa shape index (κ3) is 4.22. The molecular weight excluding hydrogens is 338 g/mol. The van der Waals surface area contributed by atoms with E-state index < -0.39 is 0 Å². The molecule has 0 amide bonds. The molecule has 140 valence electrons. The van der Waals surface area contributed by atoms with Crippen LogP contribution in [0.25, 0.3) is 11.1 Å². The second kappa shape index (κ2) is 9.08. The van der Waals surface area contributed by atoms with E-state index in [1.54, 1.807) is 27.5 Å². The summed E-state index contributed by atoms with van der Waals surface area (Å²) in [6, 6.07) is 16.6. The van der Waals surface area contributed by atoms with Crippen LogP contribution in [0.5, 0.6) is 17.2 Å². The van der Waals surface area contributed by atoms with Gasteiger partial charge in [0.2, 0.25) is 5.75 Å². The van der Waals surface area contributed by atoms with Crippen molar-refractivity contribution in [3.05, 3.63) is 72.1 Å². The van der Waals surface area contributed by atoms with Crippen LogP contribution >= 0.6 is 0 Å². The van der Waals surface area contributed by atoms with Gasteiger partial charge < -0.3 is 14.2 Å². The van der Waals surface area contributed by atoms with Crippen LogP contribution < -0.4 is 14.2 Å². The van der Waals surface area contributed by atoms with E-state index in [1.807, 2.05) is 24.4 Å². The maximum Gasteiger partial charge on any atom is 0.204 e. The fourth-order valence-electron chi connectivity index (χ4n) is 3.34. The molecule has 4 nitrogen and oxygen atoms in total. The summed E-state index contributed by atoms with van der Waals surface area (Å²) in [7, 11) is 4.95. The van der Waals surface area contributed by atoms with Gasteiger partial charge in [-0.15, -0.1) is 0 Å². The van der Waals surface area contributed by atoms with Gasteiger partial charge in [0.15, 0.2) is 11.5 Å². The van der Waals surface area contributed by atoms with Gasteiger partial charge in [-0.05, 0) is 42.5 Å². The molecule has 0 aliphatic carbocycles. The van der Waals surface area contributed by atoms with Crippen molar-refractivity contribution in [3.8, 4) is 28.4 Å². The van der Waals surface area contributed by atoms with E-state index in [0.717, 1.165) is 41.7 Å². The number of rotatable bonds is 8. The highest BCUT2D eigenvalue weighted by atomic mass is 16.5. The average Bonchev–Trinajstić information content (AvgIpc) is 2.74. The number of hydrogen-bond donors (Lipinski definition) is 0. The molecule has 0 aliphatic rings. The molecule has 0 atom stereocenters. The summed E-state index contributed by atoms with van der Waals surface area (Å²) in [6.07, 6.45) is 6.50. The molecule has 27 heavy (non-hydrogen) atoms. The van der Waals surface area contributed by atoms with Crippen molar-refractivity contribution >= 4 is 0 Å². The standard InChI is InChI=1S/C23H25NO3/c1-25-21-18(12-7-11-17-9-5-4-6-10-17)15-20(19-13-8-14-24-16-19)22(26-2)23(21)27-3/h4-6,8-10,13-16H,7,11-12H2,1-3H3. The van der Waals surface area contributed by atoms with Gasteiger partial charge in [0.1, 0.15) is 0 Å². The quantitative estimate of drug-likeness (QED) is 0.568. The Morgan fingerprint density at radius 1 is 0.778 bits per heavy atom. The molecule has 0 aliphatic heterocycles. The first-order chi connectivity index (χ1) is 13.3. The van der Waals surface area contributed by atoms with E-state index >= 15 is 0 Å². The predicted octanol–water partition coefficient (Wildman–Crippen LogP) is 4.95. The lowest BCUT2D eigenvalue weighted by Crippen LogP contribution is -2.02. The lowest BCUT2D eigenvalue weighted by atomic mass is 9.97. The van der Waals surface area contributed by atoms with Crippen molar-refractivity contribution in [1.29, 1.82) is 0 Å². The smallest absolute Gasteiger partial charge is 0.204 e. The summed E-state index contributed by atoms with van der Waals surface area (Å²) in [5.74, 6) is 2.01. The fourth-order valence-corrected chi connectivity index (χ4v) is 3.34. The molecule has 0 bridgehead atoms. The number of methoxy groups -OCH3 is 3. The number of hydrogen-bond acceptors (Lipinski definition) is 4. The second-order valence-corrected chi connectivity index (χ2v) is 6.26. The zero-order valence-electron chi connectivity index (χ0n) is 16.1. The first kappa shape index (κ1) is 18.8. The molecule has 0 N–H and O–H groups in total. The second-order valence-electron chi connectivity index (χ2n) is 6.26. The molecule has 0 saturated heterocycles. The maximum atomic E-state index is 5.68. The van der Waals surface area contributed by atoms with Crippen LogP contribution in [0.3, 0.4) is 0 Å². The Kier molecular flexibility index (Phi) is 6.31. The summed E-state index contributed by atoms with van der Waals surface area (Å²) in [4.78, 5) is 4.24. The highest BCUT2D eigenvalue weighted by Crippen LogP contribution is 2.46. The lowest BCUT2D eigenvalue weighted by molar-refractivity contribution is 0.323. The molecule has 2 aromatic carbocycles. The van der Waals surface area contributed by atoms with Crippen LogP contribution in [-0.4, -0.2) is 26.3 Å². The summed E-state index contributed by atoms with van der Waals surface area (Å²) < 4.78 is 17.0. The van der Waals surface area contributed by atoms with Gasteiger partial charge in [-0.1, -0.05) is 36.4 Å². The largest absolute Gasteiger partial charge is 0.492 e. The Bertz CT molecular complexity index is 864. The predicted molar refractivity (Wildman–Crippen MR) is 108 cm³/mol. The Morgan fingerprint density at radius 2 is 1.52 bits per heavy atom. The Morgan fingerprint density at radius 3 is 2.15 bits per heavy atom. The van der Waals surface area contributed by atoms with Crippen molar-refractivity contribution in [2.24, 2.45) is 0 Å². The molecule has 1 heterocycles. The number of ether oxygens (including phenoxy) is 3. The minimum Gasteiger partial charge on any atom is -0.492 e. The minimum atomic E-state index is 0.621. The minimum absolute atomic E-state index is 0.621. The molecular formula is C23H25NO3. The van der Waals surface area contributed by atoms with Gasteiger partial charge in [-0.2, -0.15) is 0 Å². The number of aromatic nitrogens is 1. The Balaban J connectivity index is 1.96. The van der Waals surface area contributed by atoms with Crippen molar-refractivity contribution < 1.29 is 14.2 Å². The Hall–Kier alpha value is -3.01. The van der Waals surface area contributed by atoms with Crippen molar-refractivity contribution in [3.63, 3.8) is 0 Å². The normalized spacial score (nSPS) is 10.5. The lowest BCUT2D eigenvalue weighted by Gasteiger charge is -2.19. The first-order valence-electron chi connectivity index (χ1n) is 9.04. The van der Waals surface area contributed by atoms with Gasteiger partial charge in [-0.3, -0.25) is 4.98 Å². The third-order valence-electron chi connectivity index (χ3n) is 4.61. The molecule has 1 aromatic heterocycles. The first-order valence-corrected chi connectivity index (χ1v) is 9.04. The van der Waals surface area contributed by atoms with Gasteiger partial charge in [0.05, 0.1) is 21.3 Å². The summed E-state index contributed by atoms with van der Waals surface area (Å²) in [6.45, 7) is 0. The maximum absolute atomic E-state index is 5.68. The van der Waals surface area contributed by atoms with Crippen molar-refractivity contribution in [1.82, 2.24) is 4.98 Å². The topological polar surface area (TPSA) is 40.6 Å². The highest BCUT2D eigenvalue weighted by molar-refractivity contribution is 5.77. The molecule has 4 heteroatoms. The highest BCUT2D eigenvalue weighted by Gasteiger charge is 2.21. The summed E-state index contributed by atoms with van der Waals surface area (Å²) in [5, 5.41) is 0. The molecule has 3 rings (SSSR count). The summed E-state index contributed by atoms with van der Waals surface area (Å²) >= 11 is 0. The van der Waals surface area contributed by atoms with Crippen LogP contribution in [0.15, 0.2) is 60.9 Å². The zero-order valence-corrected chi connectivity index (χ0v) is 16.1. The molecule has 0 radical (unpaired) electrons. The number of aryl methyl sites for hydroxylation is 2. The molecule has 0 unspecified atom stereocenters. The van der Waals surface area contributed by atoms with Crippen LogP contribution in [0.2, 0.25) is 0 Å². The number of benzene rings is 2. The SMILES string of the molecule is COc1c(CCCc2ccccc2)cc(-c2cccnc2)c(OC)c1OC. The third-order valence-corrected chi connectivity index (χ3v) is 4.61. The zero-order chi connectivity index (χ0) is 19.1. The number of pyridine rings is 1. The molecule has 3 aromatic rings. The van der Waals surface area contributed by atoms with E-state index in [0.29, 0.717) is 11.5 Å². The van der Waals surface area contributed by atoms with Gasteiger partial charge in [-0.25, -0.2) is 0 Å².